The lowest BCUT2D eigenvalue weighted by atomic mass is 9.98. The van der Waals surface area contributed by atoms with Gasteiger partial charge in [-0.15, -0.1) is 0 Å². The minimum absolute atomic E-state index is 0.109. The summed E-state index contributed by atoms with van der Waals surface area (Å²) >= 11 is 0. The number of rotatable bonds is 4. The summed E-state index contributed by atoms with van der Waals surface area (Å²) in [5.74, 6) is -0.589. The Morgan fingerprint density at radius 1 is 1.38 bits per heavy atom. The molecule has 5 nitrogen and oxygen atoms in total. The van der Waals surface area contributed by atoms with Gasteiger partial charge in [0.25, 0.3) is 0 Å². The lowest BCUT2D eigenvalue weighted by Crippen LogP contribution is -2.21. The standard InChI is InChI=1S/C16H15NO4/c18-16(19)12-7-13(9-17-8-12)21-10-15-14-4-2-1-3-11(14)5-6-20-15/h1-4,7-9,15H,5-6,10H2,(H,18,19). The van der Waals surface area contributed by atoms with Crippen molar-refractivity contribution in [1.82, 2.24) is 4.98 Å². The molecule has 1 atom stereocenters. The molecule has 1 aromatic heterocycles. The SMILES string of the molecule is O=C(O)c1cncc(OCC2OCCc3ccccc32)c1. The van der Waals surface area contributed by atoms with E-state index in [9.17, 15) is 4.79 Å². The summed E-state index contributed by atoms with van der Waals surface area (Å²) in [5, 5.41) is 8.94. The molecule has 0 bridgehead atoms. The van der Waals surface area contributed by atoms with Gasteiger partial charge in [0.05, 0.1) is 18.4 Å². The van der Waals surface area contributed by atoms with Crippen LogP contribution in [-0.4, -0.2) is 29.3 Å². The van der Waals surface area contributed by atoms with E-state index in [1.165, 1.54) is 24.0 Å². The topological polar surface area (TPSA) is 68.7 Å². The van der Waals surface area contributed by atoms with Crippen molar-refractivity contribution in [3.05, 3.63) is 59.4 Å². The highest BCUT2D eigenvalue weighted by atomic mass is 16.5. The number of hydrogen-bond donors (Lipinski definition) is 1. The van der Waals surface area contributed by atoms with Crippen LogP contribution in [-0.2, 0) is 11.2 Å². The van der Waals surface area contributed by atoms with Crippen LogP contribution in [0.3, 0.4) is 0 Å². The number of aromatic carboxylic acids is 1. The summed E-state index contributed by atoms with van der Waals surface area (Å²) in [6.07, 6.45) is 3.56. The van der Waals surface area contributed by atoms with Gasteiger partial charge in [-0.25, -0.2) is 4.79 Å². The molecule has 1 aliphatic heterocycles. The summed E-state index contributed by atoms with van der Waals surface area (Å²) in [7, 11) is 0. The number of nitrogens with zero attached hydrogens (tertiary/aromatic N) is 1. The molecule has 1 aromatic carbocycles. The molecule has 0 saturated heterocycles. The van der Waals surface area contributed by atoms with Gasteiger partial charge in [0.15, 0.2) is 0 Å². The van der Waals surface area contributed by atoms with Crippen molar-refractivity contribution in [2.24, 2.45) is 0 Å². The van der Waals surface area contributed by atoms with Crippen LogP contribution in [0.5, 0.6) is 5.75 Å². The molecular formula is C16H15NO4. The molecule has 108 valence electrons. The largest absolute Gasteiger partial charge is 0.489 e. The Morgan fingerprint density at radius 3 is 3.10 bits per heavy atom. The van der Waals surface area contributed by atoms with Crippen molar-refractivity contribution >= 4 is 5.97 Å². The Morgan fingerprint density at radius 2 is 2.24 bits per heavy atom. The number of ether oxygens (including phenoxy) is 2. The normalized spacial score (nSPS) is 17.0. The zero-order valence-electron chi connectivity index (χ0n) is 11.4. The third-order valence-electron chi connectivity index (χ3n) is 3.45. The number of fused-ring (bicyclic) bond motifs is 1. The maximum absolute atomic E-state index is 10.9. The second-order valence-electron chi connectivity index (χ2n) is 4.83. The smallest absolute Gasteiger partial charge is 0.337 e. The Kier molecular flexibility index (Phi) is 3.83. The molecule has 2 aromatic rings. The first kappa shape index (κ1) is 13.6. The minimum Gasteiger partial charge on any atom is -0.489 e. The van der Waals surface area contributed by atoms with Crippen LogP contribution in [0.25, 0.3) is 0 Å². The van der Waals surface area contributed by atoms with Crippen LogP contribution in [0.1, 0.15) is 27.6 Å². The lowest BCUT2D eigenvalue weighted by molar-refractivity contribution is 0.0101. The van der Waals surface area contributed by atoms with Crippen molar-refractivity contribution in [3.8, 4) is 5.75 Å². The maximum Gasteiger partial charge on any atom is 0.337 e. The Balaban J connectivity index is 1.71. The summed E-state index contributed by atoms with van der Waals surface area (Å²) in [5.41, 5.74) is 2.51. The second-order valence-corrected chi connectivity index (χ2v) is 4.83. The highest BCUT2D eigenvalue weighted by Gasteiger charge is 2.21. The Labute approximate surface area is 122 Å². The molecule has 1 aliphatic rings. The van der Waals surface area contributed by atoms with Crippen LogP contribution in [0.15, 0.2) is 42.7 Å². The van der Waals surface area contributed by atoms with Gasteiger partial charge in [0, 0.05) is 6.20 Å². The fourth-order valence-corrected chi connectivity index (χ4v) is 2.40. The maximum atomic E-state index is 10.9. The van der Waals surface area contributed by atoms with Gasteiger partial charge in [0.2, 0.25) is 0 Å². The number of carboxylic acid groups (broad SMARTS) is 1. The molecule has 1 N–H and O–H groups in total. The molecule has 0 saturated carbocycles. The monoisotopic (exact) mass is 285 g/mol. The van der Waals surface area contributed by atoms with Crippen molar-refractivity contribution in [2.75, 3.05) is 13.2 Å². The average Bonchev–Trinajstić information content (AvgIpc) is 2.53. The van der Waals surface area contributed by atoms with E-state index in [1.807, 2.05) is 18.2 Å². The van der Waals surface area contributed by atoms with Crippen molar-refractivity contribution < 1.29 is 19.4 Å². The van der Waals surface area contributed by atoms with E-state index in [-0.39, 0.29) is 11.7 Å². The number of pyridine rings is 1. The lowest BCUT2D eigenvalue weighted by Gasteiger charge is -2.26. The van der Waals surface area contributed by atoms with E-state index in [4.69, 9.17) is 14.6 Å². The molecule has 5 heteroatoms. The van der Waals surface area contributed by atoms with E-state index in [2.05, 4.69) is 11.1 Å². The van der Waals surface area contributed by atoms with Gasteiger partial charge in [0.1, 0.15) is 18.5 Å². The summed E-state index contributed by atoms with van der Waals surface area (Å²) in [6.45, 7) is 1.00. The van der Waals surface area contributed by atoms with Crippen molar-refractivity contribution in [1.29, 1.82) is 0 Å². The first-order valence-electron chi connectivity index (χ1n) is 6.74. The van der Waals surface area contributed by atoms with Gasteiger partial charge in [-0.1, -0.05) is 24.3 Å². The van der Waals surface area contributed by atoms with Gasteiger partial charge in [-0.2, -0.15) is 0 Å². The summed E-state index contributed by atoms with van der Waals surface area (Å²) in [4.78, 5) is 14.8. The van der Waals surface area contributed by atoms with Crippen LogP contribution in [0.4, 0.5) is 0 Å². The molecule has 0 radical (unpaired) electrons. The molecule has 1 unspecified atom stereocenters. The van der Waals surface area contributed by atoms with Crippen LogP contribution in [0, 0.1) is 0 Å². The molecule has 0 amide bonds. The molecule has 2 heterocycles. The van der Waals surface area contributed by atoms with Gasteiger partial charge in [-0.3, -0.25) is 4.98 Å². The highest BCUT2D eigenvalue weighted by molar-refractivity contribution is 5.87. The first-order chi connectivity index (χ1) is 10.2. The number of hydrogen-bond acceptors (Lipinski definition) is 4. The molecule has 0 fully saturated rings. The van der Waals surface area contributed by atoms with E-state index in [1.54, 1.807) is 0 Å². The quantitative estimate of drug-likeness (QED) is 0.934. The highest BCUT2D eigenvalue weighted by Crippen LogP contribution is 2.27. The van der Waals surface area contributed by atoms with Gasteiger partial charge < -0.3 is 14.6 Å². The fourth-order valence-electron chi connectivity index (χ4n) is 2.40. The van der Waals surface area contributed by atoms with Crippen molar-refractivity contribution in [3.63, 3.8) is 0 Å². The Hall–Kier alpha value is -2.40. The van der Waals surface area contributed by atoms with Crippen LogP contribution in [0.2, 0.25) is 0 Å². The van der Waals surface area contributed by atoms with E-state index in [0.29, 0.717) is 19.0 Å². The molecule has 0 aliphatic carbocycles. The number of carbonyl (C=O) groups is 1. The number of aromatic nitrogens is 1. The molecule has 0 spiro atoms. The third-order valence-corrected chi connectivity index (χ3v) is 3.45. The molecular weight excluding hydrogens is 270 g/mol. The fraction of sp³-hybridized carbons (Fsp3) is 0.250. The summed E-state index contributed by atoms with van der Waals surface area (Å²) < 4.78 is 11.4. The third kappa shape index (κ3) is 3.03. The zero-order valence-corrected chi connectivity index (χ0v) is 11.4. The van der Waals surface area contributed by atoms with Crippen LogP contribution < -0.4 is 4.74 Å². The van der Waals surface area contributed by atoms with E-state index < -0.39 is 5.97 Å². The number of carboxylic acids is 1. The predicted octanol–water partition coefficient (Wildman–Crippen LogP) is 2.47. The number of benzene rings is 1. The minimum atomic E-state index is -1.02. The van der Waals surface area contributed by atoms with Gasteiger partial charge >= 0.3 is 5.97 Å². The van der Waals surface area contributed by atoms with E-state index in [0.717, 1.165) is 12.0 Å². The predicted molar refractivity (Wildman–Crippen MR) is 75.5 cm³/mol. The Bertz CT molecular complexity index is 656. The van der Waals surface area contributed by atoms with Crippen LogP contribution >= 0.6 is 0 Å². The second kappa shape index (κ2) is 5.93. The van der Waals surface area contributed by atoms with E-state index >= 15 is 0 Å². The average molecular weight is 285 g/mol. The van der Waals surface area contributed by atoms with Crippen molar-refractivity contribution in [2.45, 2.75) is 12.5 Å². The van der Waals surface area contributed by atoms with Gasteiger partial charge in [-0.05, 0) is 23.6 Å². The zero-order chi connectivity index (χ0) is 14.7. The summed E-state index contributed by atoms with van der Waals surface area (Å²) in [6, 6.07) is 9.59. The molecule has 21 heavy (non-hydrogen) atoms. The molecule has 3 rings (SSSR count). The first-order valence-corrected chi connectivity index (χ1v) is 6.74.